The Kier molecular flexibility index (Phi) is 5.98. The highest BCUT2D eigenvalue weighted by Gasteiger charge is 2.38. The normalized spacial score (nSPS) is 23.1. The van der Waals surface area contributed by atoms with Gasteiger partial charge in [0.05, 0.1) is 32.0 Å². The van der Waals surface area contributed by atoms with Crippen LogP contribution in [0, 0.1) is 6.92 Å². The van der Waals surface area contributed by atoms with E-state index in [1.54, 1.807) is 24.2 Å². The molecule has 0 unspecified atom stereocenters. The van der Waals surface area contributed by atoms with Crippen LogP contribution in [0.2, 0.25) is 0 Å². The van der Waals surface area contributed by atoms with Crippen LogP contribution in [0.15, 0.2) is 35.5 Å². The predicted molar refractivity (Wildman–Crippen MR) is 105 cm³/mol. The van der Waals surface area contributed by atoms with Crippen molar-refractivity contribution in [2.45, 2.75) is 19.1 Å². The Morgan fingerprint density at radius 3 is 2.79 bits per heavy atom. The second-order valence-corrected chi connectivity index (χ2v) is 7.26. The molecule has 29 heavy (non-hydrogen) atoms. The fourth-order valence-corrected chi connectivity index (χ4v) is 3.89. The summed E-state index contributed by atoms with van der Waals surface area (Å²) in [7, 11) is 0. The maximum Gasteiger partial charge on any atom is 0.263 e. The van der Waals surface area contributed by atoms with Crippen LogP contribution in [0.4, 0.5) is 0 Å². The molecule has 0 aromatic carbocycles. The van der Waals surface area contributed by atoms with E-state index in [9.17, 15) is 9.59 Å². The van der Waals surface area contributed by atoms with Gasteiger partial charge in [-0.05, 0) is 18.6 Å². The number of H-pyrrole nitrogens is 1. The fourth-order valence-electron chi connectivity index (χ4n) is 3.89. The third-order valence-electron chi connectivity index (χ3n) is 5.34. The number of hydrogen-bond donors (Lipinski definition) is 1. The van der Waals surface area contributed by atoms with Crippen LogP contribution < -0.4 is 5.56 Å². The van der Waals surface area contributed by atoms with Gasteiger partial charge in [-0.1, -0.05) is 6.07 Å². The zero-order valence-corrected chi connectivity index (χ0v) is 16.4. The lowest BCUT2D eigenvalue weighted by molar-refractivity contribution is -0.0820. The lowest BCUT2D eigenvalue weighted by atomic mass is 9.98. The summed E-state index contributed by atoms with van der Waals surface area (Å²) in [6.07, 6.45) is 4.57. The SMILES string of the molecule is Cc1ncc(C(=O)N2CCO[C@@H](CN3CCOCC3)[C@@H]2c2cccnc2)c(=O)[nH]1. The number of carbonyl (C=O) groups excluding carboxylic acids is 1. The molecule has 2 fully saturated rings. The van der Waals surface area contributed by atoms with E-state index in [4.69, 9.17) is 9.47 Å². The number of morpholine rings is 2. The van der Waals surface area contributed by atoms with Crippen LogP contribution in [-0.4, -0.2) is 82.8 Å². The molecule has 0 aliphatic carbocycles. The Morgan fingerprint density at radius 2 is 2.07 bits per heavy atom. The first-order valence-corrected chi connectivity index (χ1v) is 9.82. The van der Waals surface area contributed by atoms with Crippen LogP contribution in [0.1, 0.15) is 27.8 Å². The van der Waals surface area contributed by atoms with Gasteiger partial charge in [-0.15, -0.1) is 0 Å². The van der Waals surface area contributed by atoms with Crippen LogP contribution in [0.25, 0.3) is 0 Å². The molecule has 2 aliphatic rings. The van der Waals surface area contributed by atoms with Crippen molar-refractivity contribution < 1.29 is 14.3 Å². The number of nitrogens with zero attached hydrogens (tertiary/aromatic N) is 4. The molecule has 2 aromatic heterocycles. The number of rotatable bonds is 4. The summed E-state index contributed by atoms with van der Waals surface area (Å²) in [5.74, 6) is 0.130. The van der Waals surface area contributed by atoms with Gasteiger partial charge in [0, 0.05) is 44.8 Å². The first kappa shape index (κ1) is 19.7. The Bertz CT molecular complexity index is 897. The van der Waals surface area contributed by atoms with Crippen molar-refractivity contribution in [3.8, 4) is 0 Å². The van der Waals surface area contributed by atoms with Gasteiger partial charge < -0.3 is 19.4 Å². The Morgan fingerprint density at radius 1 is 1.24 bits per heavy atom. The van der Waals surface area contributed by atoms with Crippen LogP contribution >= 0.6 is 0 Å². The van der Waals surface area contributed by atoms with Gasteiger partial charge >= 0.3 is 0 Å². The van der Waals surface area contributed by atoms with Gasteiger partial charge in [0.25, 0.3) is 11.5 Å². The molecule has 0 radical (unpaired) electrons. The topological polar surface area (TPSA) is 101 Å². The highest BCUT2D eigenvalue weighted by Crippen LogP contribution is 2.31. The Hall–Kier alpha value is -2.62. The van der Waals surface area contributed by atoms with Crippen molar-refractivity contribution in [2.24, 2.45) is 0 Å². The number of aromatic nitrogens is 3. The summed E-state index contributed by atoms with van der Waals surface area (Å²) in [6, 6.07) is 3.45. The molecule has 0 spiro atoms. The number of carbonyl (C=O) groups is 1. The van der Waals surface area contributed by atoms with Gasteiger partial charge in [0.2, 0.25) is 0 Å². The Labute approximate surface area is 168 Å². The number of amides is 1. The van der Waals surface area contributed by atoms with Crippen LogP contribution in [0.3, 0.4) is 0 Å². The highest BCUT2D eigenvalue weighted by molar-refractivity contribution is 5.94. The van der Waals surface area contributed by atoms with E-state index in [0.29, 0.717) is 38.7 Å². The maximum absolute atomic E-state index is 13.3. The molecule has 1 amide bonds. The number of nitrogens with one attached hydrogen (secondary N) is 1. The fraction of sp³-hybridized carbons (Fsp3) is 0.500. The molecule has 2 aliphatic heterocycles. The lowest BCUT2D eigenvalue weighted by Crippen LogP contribution is -2.53. The van der Waals surface area contributed by atoms with Crippen LogP contribution in [0.5, 0.6) is 0 Å². The molecule has 2 saturated heterocycles. The molecule has 9 nitrogen and oxygen atoms in total. The smallest absolute Gasteiger partial charge is 0.263 e. The number of pyridine rings is 1. The summed E-state index contributed by atoms with van der Waals surface area (Å²) < 4.78 is 11.5. The van der Waals surface area contributed by atoms with E-state index in [1.807, 2.05) is 12.1 Å². The molecular formula is C20H25N5O4. The molecular weight excluding hydrogens is 374 g/mol. The molecule has 0 bridgehead atoms. The van der Waals surface area contributed by atoms with Crippen LogP contribution in [-0.2, 0) is 9.47 Å². The first-order chi connectivity index (χ1) is 14.1. The standard InChI is InChI=1S/C20H25N5O4/c1-14-22-12-16(19(26)23-14)20(27)25-7-10-29-17(13-24-5-8-28-9-6-24)18(25)15-3-2-4-21-11-15/h2-4,11-12,17-18H,5-10,13H2,1H3,(H,22,23,26)/t17-,18-/m0/s1. The van der Waals surface area contributed by atoms with E-state index in [2.05, 4.69) is 19.9 Å². The quantitative estimate of drug-likeness (QED) is 0.794. The number of ether oxygens (including phenoxy) is 2. The summed E-state index contributed by atoms with van der Waals surface area (Å²) in [5.41, 5.74) is 0.496. The van der Waals surface area contributed by atoms with Crippen molar-refractivity contribution in [3.63, 3.8) is 0 Å². The van der Waals surface area contributed by atoms with E-state index < -0.39 is 5.56 Å². The van der Waals surface area contributed by atoms with Crippen molar-refractivity contribution in [1.29, 1.82) is 0 Å². The van der Waals surface area contributed by atoms with Gasteiger partial charge in [-0.2, -0.15) is 0 Å². The molecule has 9 heteroatoms. The summed E-state index contributed by atoms with van der Waals surface area (Å²) in [5, 5.41) is 0. The van der Waals surface area contributed by atoms with Crippen molar-refractivity contribution in [2.75, 3.05) is 46.0 Å². The second-order valence-electron chi connectivity index (χ2n) is 7.26. The molecule has 154 valence electrons. The zero-order chi connectivity index (χ0) is 20.2. The Balaban J connectivity index is 1.65. The third-order valence-corrected chi connectivity index (χ3v) is 5.34. The van der Waals surface area contributed by atoms with Crippen molar-refractivity contribution in [1.82, 2.24) is 24.8 Å². The summed E-state index contributed by atoms with van der Waals surface area (Å²) in [4.78, 5) is 40.6. The minimum atomic E-state index is -0.427. The second kappa shape index (κ2) is 8.81. The van der Waals surface area contributed by atoms with Gasteiger partial charge in [0.1, 0.15) is 11.4 Å². The minimum Gasteiger partial charge on any atom is -0.379 e. The van der Waals surface area contributed by atoms with Crippen molar-refractivity contribution >= 4 is 5.91 Å². The zero-order valence-electron chi connectivity index (χ0n) is 16.4. The maximum atomic E-state index is 13.3. The van der Waals surface area contributed by atoms with Crippen molar-refractivity contribution in [3.05, 3.63) is 58.0 Å². The summed E-state index contributed by atoms with van der Waals surface area (Å²) in [6.45, 7) is 6.20. The highest BCUT2D eigenvalue weighted by atomic mass is 16.5. The number of aryl methyl sites for hydroxylation is 1. The average Bonchev–Trinajstić information content (AvgIpc) is 2.74. The average molecular weight is 399 g/mol. The van der Waals surface area contributed by atoms with Gasteiger partial charge in [-0.25, -0.2) is 4.98 Å². The van der Waals surface area contributed by atoms with Gasteiger partial charge in [0.15, 0.2) is 0 Å². The molecule has 0 saturated carbocycles. The predicted octanol–water partition coefficient (Wildman–Crippen LogP) is 0.388. The van der Waals surface area contributed by atoms with E-state index >= 15 is 0 Å². The number of hydrogen-bond acceptors (Lipinski definition) is 7. The third kappa shape index (κ3) is 4.36. The monoisotopic (exact) mass is 399 g/mol. The van der Waals surface area contributed by atoms with E-state index in [0.717, 1.165) is 18.7 Å². The first-order valence-electron chi connectivity index (χ1n) is 9.82. The largest absolute Gasteiger partial charge is 0.379 e. The molecule has 4 heterocycles. The molecule has 2 aromatic rings. The minimum absolute atomic E-state index is 0.0384. The molecule has 2 atom stereocenters. The van der Waals surface area contributed by atoms with Gasteiger partial charge in [-0.3, -0.25) is 19.5 Å². The molecule has 4 rings (SSSR count). The summed E-state index contributed by atoms with van der Waals surface area (Å²) >= 11 is 0. The van der Waals surface area contributed by atoms with E-state index in [1.165, 1.54) is 6.20 Å². The molecule has 1 N–H and O–H groups in total. The number of aromatic amines is 1. The van der Waals surface area contributed by atoms with E-state index in [-0.39, 0.29) is 23.6 Å². The lowest BCUT2D eigenvalue weighted by Gasteiger charge is -2.43.